The van der Waals surface area contributed by atoms with Gasteiger partial charge in [0, 0.05) is 93.0 Å². The van der Waals surface area contributed by atoms with Crippen molar-refractivity contribution in [1.82, 2.24) is 4.13 Å². The van der Waals surface area contributed by atoms with Crippen molar-refractivity contribution in [3.63, 3.8) is 0 Å². The van der Waals surface area contributed by atoms with Gasteiger partial charge in [-0.3, -0.25) is 80.9 Å². The van der Waals surface area contributed by atoms with Gasteiger partial charge in [0.15, 0.2) is 0 Å². The molecular weight excluding hydrogens is 1380 g/mol. The third kappa shape index (κ3) is 11.8. The summed E-state index contributed by atoms with van der Waals surface area (Å²) in [6.45, 7) is 4.39. The van der Waals surface area contributed by atoms with E-state index in [1.807, 2.05) is 4.13 Å². The van der Waals surface area contributed by atoms with Gasteiger partial charge in [-0.15, -0.1) is 4.13 Å². The molecule has 0 amide bonds. The van der Waals surface area contributed by atoms with E-state index in [-0.39, 0.29) is 87.6 Å². The SMILES string of the molecule is COc1c(-c2cc([N+](=O)[O-])c(C)c([N+](=O)[O-])c2)cc2ccccc2c1-c1c(S(=O)(=O)NS(=O)(=O)c2c(-c3cc([N+](=O)[O-])c(C)c([N+](=O)[O-])c3)cc3ccccc3c2-c2c(OC)c(-c3cc([N+](=O)[O-])c(C)c([N+](=O)[O-])c3)cc3ccccc23)c(-c2cc([N+](=O)[O-])c(C)c([N+](=O)[O-])c2)cc2ccccc12. The molecule has 0 atom stereocenters. The highest BCUT2D eigenvalue weighted by Gasteiger charge is 2.41. The van der Waals surface area contributed by atoms with Gasteiger partial charge >= 0.3 is 0 Å². The molecule has 0 aliphatic heterocycles. The number of nitrogens with one attached hydrogen (secondary N) is 1. The van der Waals surface area contributed by atoms with Crippen LogP contribution in [-0.2, 0) is 20.0 Å². The van der Waals surface area contributed by atoms with Gasteiger partial charge < -0.3 is 9.47 Å². The van der Waals surface area contributed by atoms with Crippen LogP contribution in [0.4, 0.5) is 45.5 Å². The molecule has 0 radical (unpaired) electrons. The lowest BCUT2D eigenvalue weighted by molar-refractivity contribution is -0.395. The topological polar surface area (TPSA) is 444 Å². The Hall–Kier alpha value is -13.7. The van der Waals surface area contributed by atoms with Crippen molar-refractivity contribution in [3.05, 3.63) is 273 Å². The fraction of sp³-hybridized carbons (Fsp3) is 0.0857. The van der Waals surface area contributed by atoms with Gasteiger partial charge in [0.25, 0.3) is 65.5 Å². The van der Waals surface area contributed by atoms with Crippen LogP contribution in [0, 0.1) is 109 Å². The molecule has 0 saturated carbocycles. The summed E-state index contributed by atoms with van der Waals surface area (Å²) in [7, 11) is -10.3. The first-order valence-electron chi connectivity index (χ1n) is 30.2. The maximum Gasteiger partial charge on any atom is 0.279 e. The van der Waals surface area contributed by atoms with E-state index in [2.05, 4.69) is 0 Å². The Morgan fingerprint density at radius 1 is 0.291 bits per heavy atom. The Labute approximate surface area is 578 Å². The van der Waals surface area contributed by atoms with Crippen molar-refractivity contribution in [2.45, 2.75) is 37.5 Å². The van der Waals surface area contributed by atoms with Crippen molar-refractivity contribution in [3.8, 4) is 78.3 Å². The molecule has 0 unspecified atom stereocenters. The van der Waals surface area contributed by atoms with Crippen LogP contribution in [0.1, 0.15) is 22.3 Å². The number of fused-ring (bicyclic) bond motifs is 4. The minimum Gasteiger partial charge on any atom is -0.495 e. The van der Waals surface area contributed by atoms with Crippen LogP contribution >= 0.6 is 0 Å². The molecule has 0 heterocycles. The van der Waals surface area contributed by atoms with Crippen LogP contribution in [0.15, 0.2) is 180 Å². The molecule has 516 valence electrons. The van der Waals surface area contributed by atoms with E-state index >= 15 is 16.8 Å². The van der Waals surface area contributed by atoms with E-state index in [1.165, 1.54) is 109 Å². The van der Waals surface area contributed by atoms with Crippen LogP contribution in [0.25, 0.3) is 110 Å². The van der Waals surface area contributed by atoms with E-state index < -0.39 is 171 Å². The number of hydrogen-bond acceptors (Lipinski definition) is 22. The third-order valence-electron chi connectivity index (χ3n) is 17.9. The Morgan fingerprint density at radius 2 is 0.485 bits per heavy atom. The molecule has 12 rings (SSSR count). The van der Waals surface area contributed by atoms with Gasteiger partial charge in [-0.05, 0) is 117 Å². The van der Waals surface area contributed by atoms with E-state index in [0.717, 1.165) is 103 Å². The summed E-state index contributed by atoms with van der Waals surface area (Å²) in [5.74, 6) is -0.781. The van der Waals surface area contributed by atoms with Crippen LogP contribution in [0.5, 0.6) is 11.5 Å². The van der Waals surface area contributed by atoms with Crippen molar-refractivity contribution in [1.29, 1.82) is 0 Å². The van der Waals surface area contributed by atoms with Crippen molar-refractivity contribution >= 4 is 109 Å². The van der Waals surface area contributed by atoms with Crippen molar-refractivity contribution in [2.75, 3.05) is 14.2 Å². The maximum atomic E-state index is 17.1. The van der Waals surface area contributed by atoms with Crippen LogP contribution in [0.3, 0.4) is 0 Å². The third-order valence-corrected chi connectivity index (χ3v) is 21.6. The Bertz CT molecular complexity index is 5640. The number of sulfonamides is 2. The number of ether oxygens (including phenoxy) is 2. The van der Waals surface area contributed by atoms with Crippen LogP contribution in [0.2, 0.25) is 0 Å². The molecule has 0 aliphatic carbocycles. The molecule has 0 aromatic heterocycles. The summed E-state index contributed by atoms with van der Waals surface area (Å²) in [4.78, 5) is 93.4. The van der Waals surface area contributed by atoms with Gasteiger partial charge in [0.2, 0.25) is 0 Å². The minimum absolute atomic E-state index is 0.0584. The average molecular weight is 1430 g/mol. The predicted molar refractivity (Wildman–Crippen MR) is 378 cm³/mol. The summed E-state index contributed by atoms with van der Waals surface area (Å²) in [5.41, 5.74) is -13.5. The summed E-state index contributed by atoms with van der Waals surface area (Å²) >= 11 is 0. The lowest BCUT2D eigenvalue weighted by Gasteiger charge is -2.25. The van der Waals surface area contributed by atoms with Crippen molar-refractivity contribution < 1.29 is 65.7 Å². The molecule has 0 fully saturated rings. The number of methoxy groups -OCH3 is 2. The van der Waals surface area contributed by atoms with Gasteiger partial charge in [0.1, 0.15) is 33.8 Å². The van der Waals surface area contributed by atoms with Crippen LogP contribution < -0.4 is 13.6 Å². The number of nitro groups is 8. The van der Waals surface area contributed by atoms with E-state index in [9.17, 15) is 80.9 Å². The zero-order chi connectivity index (χ0) is 74.3. The van der Waals surface area contributed by atoms with Gasteiger partial charge in [-0.2, -0.15) is 0 Å². The summed E-state index contributed by atoms with van der Waals surface area (Å²) in [5, 5.41) is 103. The number of nitro benzene ring substituents is 8. The minimum atomic E-state index is -6.23. The fourth-order valence-electron chi connectivity index (χ4n) is 13.2. The molecule has 33 heteroatoms. The standard InChI is InChI=1S/C70H47N9O22S2/c1-35-55(72(80)81)27-43(28-56(35)73(82)83)51-23-39-15-7-11-19-47(39)63(67(51)100-5)65-49-21-13-9-17-41(49)25-53(45-31-59(76(88)89)37(3)60(32-45)77(90)91)69(65)102(96,97)71-103(98,99)70-54(46-33-61(78(92)93)38(4)62(34-46)79(94)95)26-42-18-10-14-22-50(42)66(70)64-48-20-12-8-16-40(48)24-52(68(64)101-6)44-29-57(74(84)85)36(2)58(30-44)75(86)87/h7-34,71H,1-6H3. The van der Waals surface area contributed by atoms with Crippen LogP contribution in [-0.4, -0.2) is 70.4 Å². The Balaban J connectivity index is 1.29. The molecular formula is C70H47N9O22S2. The zero-order valence-corrected chi connectivity index (χ0v) is 55.7. The first-order valence-corrected chi connectivity index (χ1v) is 33.1. The van der Waals surface area contributed by atoms with E-state index in [0.29, 0.717) is 0 Å². The zero-order valence-electron chi connectivity index (χ0n) is 54.0. The number of rotatable bonds is 20. The number of nitrogens with zero attached hydrogens (tertiary/aromatic N) is 8. The molecule has 0 spiro atoms. The van der Waals surface area contributed by atoms with E-state index in [4.69, 9.17) is 9.47 Å². The molecule has 0 aliphatic rings. The highest BCUT2D eigenvalue weighted by molar-refractivity contribution is 8.05. The molecule has 0 bridgehead atoms. The second-order valence-corrected chi connectivity index (χ2v) is 27.0. The second kappa shape index (κ2) is 25.9. The number of benzene rings is 12. The second-order valence-electron chi connectivity index (χ2n) is 23.5. The lowest BCUT2D eigenvalue weighted by Crippen LogP contribution is -2.32. The largest absolute Gasteiger partial charge is 0.495 e. The number of hydrogen-bond donors (Lipinski definition) is 1. The monoisotopic (exact) mass is 1430 g/mol. The molecule has 12 aromatic carbocycles. The predicted octanol–water partition coefficient (Wildman–Crippen LogP) is 16.5. The van der Waals surface area contributed by atoms with E-state index in [1.54, 1.807) is 0 Å². The lowest BCUT2D eigenvalue weighted by atomic mass is 9.86. The highest BCUT2D eigenvalue weighted by Crippen LogP contribution is 2.56. The first-order chi connectivity index (χ1) is 48.8. The molecule has 103 heavy (non-hydrogen) atoms. The molecule has 1 N–H and O–H groups in total. The summed E-state index contributed by atoms with van der Waals surface area (Å²) in [6.07, 6.45) is 0. The molecule has 31 nitrogen and oxygen atoms in total. The quantitative estimate of drug-likeness (QED) is 0.0547. The fourth-order valence-corrected chi connectivity index (χ4v) is 17.0. The highest BCUT2D eigenvalue weighted by atomic mass is 32.3. The first kappa shape index (κ1) is 69.2. The Morgan fingerprint density at radius 3 is 0.699 bits per heavy atom. The average Bonchev–Trinajstić information content (AvgIpc) is 0.713. The summed E-state index contributed by atoms with van der Waals surface area (Å²) in [6, 6.07) is 35.8. The molecule has 0 saturated heterocycles. The van der Waals surface area contributed by atoms with Gasteiger partial charge in [-0.25, -0.2) is 16.8 Å². The summed E-state index contributed by atoms with van der Waals surface area (Å²) < 4.78 is 82.8. The van der Waals surface area contributed by atoms with Gasteiger partial charge in [-0.1, -0.05) is 97.1 Å². The smallest absolute Gasteiger partial charge is 0.279 e. The van der Waals surface area contributed by atoms with Crippen molar-refractivity contribution in [2.24, 2.45) is 0 Å². The normalized spacial score (nSPS) is 11.6. The maximum absolute atomic E-state index is 17.1. The van der Waals surface area contributed by atoms with Gasteiger partial charge in [0.05, 0.1) is 63.4 Å². The Kier molecular flexibility index (Phi) is 17.4. The molecule has 12 aromatic rings.